The Labute approximate surface area is 153 Å². The molecule has 3 rings (SSSR count). The second kappa shape index (κ2) is 6.53. The quantitative estimate of drug-likeness (QED) is 0.823. The van der Waals surface area contributed by atoms with Gasteiger partial charge in [0.1, 0.15) is 11.9 Å². The van der Waals surface area contributed by atoms with Crippen molar-refractivity contribution in [2.45, 2.75) is 59.0 Å². The molecule has 26 heavy (non-hydrogen) atoms. The molecule has 5 nitrogen and oxygen atoms in total. The average Bonchev–Trinajstić information content (AvgIpc) is 2.60. The highest BCUT2D eigenvalue weighted by atomic mass is 16.5. The number of aromatic carboxylic acids is 1. The number of hydrogen-bond acceptors (Lipinski definition) is 4. The molecule has 2 aliphatic rings. The molecule has 1 aromatic carbocycles. The normalized spacial score (nSPS) is 30.3. The highest BCUT2D eigenvalue weighted by molar-refractivity contribution is 5.92. The molecule has 0 spiro atoms. The summed E-state index contributed by atoms with van der Waals surface area (Å²) >= 11 is 0. The Kier molecular flexibility index (Phi) is 4.67. The number of carboxylic acid groups (broad SMARTS) is 1. The predicted molar refractivity (Wildman–Crippen MR) is 96.1 cm³/mol. The molecule has 140 valence electrons. The fourth-order valence-corrected chi connectivity index (χ4v) is 4.95. The first-order chi connectivity index (χ1) is 12.2. The summed E-state index contributed by atoms with van der Waals surface area (Å²) in [7, 11) is 0. The molecule has 0 radical (unpaired) electrons. The van der Waals surface area contributed by atoms with Crippen LogP contribution in [-0.4, -0.2) is 28.9 Å². The minimum Gasteiger partial charge on any atom is -0.478 e. The van der Waals surface area contributed by atoms with Crippen molar-refractivity contribution >= 4 is 17.7 Å². The number of Topliss-reactive ketones (excluding diaryl/α,β-unsaturated/α-hetero) is 1. The zero-order chi connectivity index (χ0) is 19.1. The molecular formula is C21H26O5. The van der Waals surface area contributed by atoms with Gasteiger partial charge in [0.2, 0.25) is 0 Å². The van der Waals surface area contributed by atoms with E-state index in [0.717, 1.165) is 25.7 Å². The second-order valence-corrected chi connectivity index (χ2v) is 8.41. The third kappa shape index (κ3) is 3.04. The Hall–Kier alpha value is -2.17. The van der Waals surface area contributed by atoms with E-state index in [1.807, 2.05) is 13.8 Å². The van der Waals surface area contributed by atoms with Gasteiger partial charge < -0.3 is 9.84 Å². The van der Waals surface area contributed by atoms with Gasteiger partial charge in [0.05, 0.1) is 11.1 Å². The van der Waals surface area contributed by atoms with Crippen LogP contribution in [0, 0.1) is 16.7 Å². The van der Waals surface area contributed by atoms with E-state index in [1.165, 1.54) is 24.3 Å². The third-order valence-electron chi connectivity index (χ3n) is 6.59. The van der Waals surface area contributed by atoms with Gasteiger partial charge in [0.25, 0.3) is 0 Å². The molecule has 2 aliphatic carbocycles. The maximum Gasteiger partial charge on any atom is 0.338 e. The molecule has 3 atom stereocenters. The van der Waals surface area contributed by atoms with Crippen LogP contribution in [-0.2, 0) is 9.53 Å². The van der Waals surface area contributed by atoms with Crippen molar-refractivity contribution in [3.63, 3.8) is 0 Å². The summed E-state index contributed by atoms with van der Waals surface area (Å²) in [4.78, 5) is 35.9. The zero-order valence-corrected chi connectivity index (χ0v) is 15.6. The van der Waals surface area contributed by atoms with Gasteiger partial charge in [-0.15, -0.1) is 0 Å². The predicted octanol–water partition coefficient (Wildman–Crippen LogP) is 4.11. The number of esters is 1. The number of rotatable bonds is 3. The molecule has 2 saturated carbocycles. The molecule has 2 fully saturated rings. The van der Waals surface area contributed by atoms with Crippen LogP contribution in [0.2, 0.25) is 0 Å². The average molecular weight is 358 g/mol. The summed E-state index contributed by atoms with van der Waals surface area (Å²) in [6, 6.07) is 5.80. The van der Waals surface area contributed by atoms with E-state index in [1.54, 1.807) is 0 Å². The van der Waals surface area contributed by atoms with Crippen LogP contribution < -0.4 is 0 Å². The molecule has 0 saturated heterocycles. The number of carbonyl (C=O) groups is 3. The Morgan fingerprint density at radius 2 is 1.69 bits per heavy atom. The molecule has 0 heterocycles. The maximum absolute atomic E-state index is 12.6. The number of fused-ring (bicyclic) bond motifs is 1. The zero-order valence-electron chi connectivity index (χ0n) is 15.6. The Bertz CT molecular complexity index is 733. The van der Waals surface area contributed by atoms with Crippen molar-refractivity contribution in [2.75, 3.05) is 0 Å². The lowest BCUT2D eigenvalue weighted by Gasteiger charge is -2.55. The van der Waals surface area contributed by atoms with E-state index in [0.29, 0.717) is 17.8 Å². The lowest BCUT2D eigenvalue weighted by atomic mass is 9.50. The molecule has 0 unspecified atom stereocenters. The third-order valence-corrected chi connectivity index (χ3v) is 6.59. The lowest BCUT2D eigenvalue weighted by molar-refractivity contribution is -0.155. The largest absolute Gasteiger partial charge is 0.478 e. The van der Waals surface area contributed by atoms with Gasteiger partial charge in [0, 0.05) is 17.3 Å². The fraction of sp³-hybridized carbons (Fsp3) is 0.571. The summed E-state index contributed by atoms with van der Waals surface area (Å²) < 4.78 is 5.88. The molecule has 1 aromatic rings. The molecule has 5 heteroatoms. The fourth-order valence-electron chi connectivity index (χ4n) is 4.95. The number of hydrogen-bond donors (Lipinski definition) is 1. The van der Waals surface area contributed by atoms with Crippen LogP contribution in [0.15, 0.2) is 24.3 Å². The SMILES string of the molecule is CC1(C)C(=O)CC[C@@]2(C)[C@@H](OC(=O)c3ccc(C(=O)O)cc3)CCC[C@@H]12. The van der Waals surface area contributed by atoms with Crippen molar-refractivity contribution in [3.8, 4) is 0 Å². The van der Waals surface area contributed by atoms with Gasteiger partial charge in [-0.1, -0.05) is 20.8 Å². The van der Waals surface area contributed by atoms with Crippen LogP contribution in [0.3, 0.4) is 0 Å². The number of ketones is 1. The van der Waals surface area contributed by atoms with Crippen LogP contribution in [0.5, 0.6) is 0 Å². The van der Waals surface area contributed by atoms with E-state index < -0.39 is 11.9 Å². The van der Waals surface area contributed by atoms with E-state index in [2.05, 4.69) is 6.92 Å². The minimum atomic E-state index is -1.03. The van der Waals surface area contributed by atoms with Gasteiger partial charge in [-0.3, -0.25) is 4.79 Å². The van der Waals surface area contributed by atoms with Crippen LogP contribution >= 0.6 is 0 Å². The van der Waals surface area contributed by atoms with Gasteiger partial charge in [0.15, 0.2) is 0 Å². The second-order valence-electron chi connectivity index (χ2n) is 8.41. The van der Waals surface area contributed by atoms with Crippen molar-refractivity contribution < 1.29 is 24.2 Å². The van der Waals surface area contributed by atoms with Crippen LogP contribution in [0.25, 0.3) is 0 Å². The van der Waals surface area contributed by atoms with Gasteiger partial charge in [-0.05, 0) is 55.9 Å². The molecule has 0 amide bonds. The van der Waals surface area contributed by atoms with Crippen LogP contribution in [0.4, 0.5) is 0 Å². The summed E-state index contributed by atoms with van der Waals surface area (Å²) in [5, 5.41) is 8.97. The smallest absolute Gasteiger partial charge is 0.338 e. The van der Waals surface area contributed by atoms with Crippen molar-refractivity contribution in [3.05, 3.63) is 35.4 Å². The molecule has 0 aliphatic heterocycles. The summed E-state index contributed by atoms with van der Waals surface area (Å²) in [6.07, 6.45) is 3.77. The Morgan fingerprint density at radius 1 is 1.08 bits per heavy atom. The van der Waals surface area contributed by atoms with Crippen LogP contribution in [0.1, 0.15) is 73.6 Å². The van der Waals surface area contributed by atoms with Gasteiger partial charge >= 0.3 is 11.9 Å². The summed E-state index contributed by atoms with van der Waals surface area (Å²) in [6.45, 7) is 6.19. The first-order valence-corrected chi connectivity index (χ1v) is 9.24. The lowest BCUT2D eigenvalue weighted by Crippen LogP contribution is -2.55. The monoisotopic (exact) mass is 358 g/mol. The summed E-state index contributed by atoms with van der Waals surface area (Å²) in [5.74, 6) is -0.946. The van der Waals surface area contributed by atoms with Crippen molar-refractivity contribution in [1.82, 2.24) is 0 Å². The molecule has 0 bridgehead atoms. The topological polar surface area (TPSA) is 80.7 Å². The molecular weight excluding hydrogens is 332 g/mol. The van der Waals surface area contributed by atoms with Crippen molar-refractivity contribution in [2.24, 2.45) is 16.7 Å². The molecule has 0 aromatic heterocycles. The standard InChI is InChI=1S/C21H26O5/c1-20(2)15-5-4-6-17(21(15,3)12-11-16(20)22)26-19(25)14-9-7-13(8-10-14)18(23)24/h7-10,15,17H,4-6,11-12H2,1-3H3,(H,23,24)/t15-,17-,21+/m0/s1. The highest BCUT2D eigenvalue weighted by Crippen LogP contribution is 2.57. The van der Waals surface area contributed by atoms with Gasteiger partial charge in [-0.2, -0.15) is 0 Å². The highest BCUT2D eigenvalue weighted by Gasteiger charge is 2.56. The van der Waals surface area contributed by atoms with Crippen molar-refractivity contribution in [1.29, 1.82) is 0 Å². The first kappa shape index (κ1) is 18.6. The van der Waals surface area contributed by atoms with Gasteiger partial charge in [-0.25, -0.2) is 9.59 Å². The first-order valence-electron chi connectivity index (χ1n) is 9.24. The Morgan fingerprint density at radius 3 is 2.31 bits per heavy atom. The number of benzene rings is 1. The van der Waals surface area contributed by atoms with E-state index in [9.17, 15) is 14.4 Å². The van der Waals surface area contributed by atoms with E-state index in [4.69, 9.17) is 9.84 Å². The minimum absolute atomic E-state index is 0.138. The Balaban J connectivity index is 1.79. The molecule has 1 N–H and O–H groups in total. The maximum atomic E-state index is 12.6. The number of carbonyl (C=O) groups excluding carboxylic acids is 2. The number of carboxylic acids is 1. The number of ether oxygens (including phenoxy) is 1. The summed E-state index contributed by atoms with van der Waals surface area (Å²) in [5.41, 5.74) is -0.0984. The van der Waals surface area contributed by atoms with E-state index >= 15 is 0 Å². The van der Waals surface area contributed by atoms with E-state index in [-0.39, 0.29) is 28.4 Å².